The Morgan fingerprint density at radius 3 is 2.84 bits per heavy atom. The molecule has 0 bridgehead atoms. The summed E-state index contributed by atoms with van der Waals surface area (Å²) in [7, 11) is 2.18. The van der Waals surface area contributed by atoms with Crippen LogP contribution in [-0.4, -0.2) is 47.5 Å². The molecule has 0 N–H and O–H groups in total. The molecule has 1 saturated heterocycles. The molecular formula is C19H24ClN3O2. The Kier molecular flexibility index (Phi) is 6.10. The molecule has 1 fully saturated rings. The van der Waals surface area contributed by atoms with Crippen molar-refractivity contribution in [1.29, 1.82) is 0 Å². The predicted molar refractivity (Wildman–Crippen MR) is 98.9 cm³/mol. The fourth-order valence-corrected chi connectivity index (χ4v) is 3.61. The number of piperidine rings is 1. The van der Waals surface area contributed by atoms with Crippen LogP contribution in [0.25, 0.3) is 5.69 Å². The van der Waals surface area contributed by atoms with Gasteiger partial charge in [0, 0.05) is 18.0 Å². The summed E-state index contributed by atoms with van der Waals surface area (Å²) in [5, 5.41) is 0.390. The maximum absolute atomic E-state index is 11.2. The Morgan fingerprint density at radius 2 is 2.16 bits per heavy atom. The minimum absolute atomic E-state index is 0.390. The Bertz CT molecular complexity index is 695. The standard InChI is InChI=1S/C19H24ClN3O2/c1-22-9-6-15(7-10-22)3-2-12-25-17-5-4-16(13-24)18(20)19(17)23-11-8-21-14-23/h4-5,8,11,13-15H,2-3,6-7,9-10,12H2,1H3. The van der Waals surface area contributed by atoms with Crippen LogP contribution in [0.15, 0.2) is 30.9 Å². The van der Waals surface area contributed by atoms with E-state index < -0.39 is 0 Å². The van der Waals surface area contributed by atoms with Crippen LogP contribution in [0.4, 0.5) is 0 Å². The molecule has 5 nitrogen and oxygen atoms in total. The lowest BCUT2D eigenvalue weighted by molar-refractivity contribution is 0.112. The van der Waals surface area contributed by atoms with E-state index in [9.17, 15) is 4.79 Å². The number of rotatable bonds is 7. The normalized spacial score (nSPS) is 16.1. The topological polar surface area (TPSA) is 47.4 Å². The highest BCUT2D eigenvalue weighted by Gasteiger charge is 2.17. The minimum Gasteiger partial charge on any atom is -0.491 e. The Labute approximate surface area is 153 Å². The first kappa shape index (κ1) is 18.0. The molecule has 6 heteroatoms. The second-order valence-electron chi connectivity index (χ2n) is 6.64. The molecule has 0 unspecified atom stereocenters. The third-order valence-electron chi connectivity index (χ3n) is 4.85. The van der Waals surface area contributed by atoms with Crippen molar-refractivity contribution < 1.29 is 9.53 Å². The summed E-state index contributed by atoms with van der Waals surface area (Å²) in [5.41, 5.74) is 1.12. The van der Waals surface area contributed by atoms with Gasteiger partial charge in [-0.1, -0.05) is 11.6 Å². The number of nitrogens with zero attached hydrogens (tertiary/aromatic N) is 3. The van der Waals surface area contributed by atoms with Crippen molar-refractivity contribution in [2.75, 3.05) is 26.7 Å². The van der Waals surface area contributed by atoms with E-state index in [2.05, 4.69) is 16.9 Å². The van der Waals surface area contributed by atoms with Gasteiger partial charge in [-0.05, 0) is 63.9 Å². The highest BCUT2D eigenvalue weighted by Crippen LogP contribution is 2.33. The fraction of sp³-hybridized carbons (Fsp3) is 0.474. The van der Waals surface area contributed by atoms with Crippen LogP contribution in [0.2, 0.25) is 5.02 Å². The minimum atomic E-state index is 0.390. The van der Waals surface area contributed by atoms with Gasteiger partial charge in [0.1, 0.15) is 11.4 Å². The lowest BCUT2D eigenvalue weighted by atomic mass is 9.93. The third kappa shape index (κ3) is 4.41. The molecule has 3 rings (SSSR count). The summed E-state index contributed by atoms with van der Waals surface area (Å²) in [6.07, 6.45) is 10.6. The number of carbonyl (C=O) groups is 1. The summed E-state index contributed by atoms with van der Waals surface area (Å²) in [6, 6.07) is 3.50. The average molecular weight is 362 g/mol. The van der Waals surface area contributed by atoms with Gasteiger partial charge in [-0.3, -0.25) is 4.79 Å². The molecule has 1 aliphatic rings. The van der Waals surface area contributed by atoms with Crippen molar-refractivity contribution in [3.05, 3.63) is 41.4 Å². The summed E-state index contributed by atoms with van der Waals surface area (Å²) in [6.45, 7) is 3.03. The van der Waals surface area contributed by atoms with Crippen LogP contribution in [0.3, 0.4) is 0 Å². The number of ether oxygens (including phenoxy) is 1. The fourth-order valence-electron chi connectivity index (χ4n) is 3.31. The largest absolute Gasteiger partial charge is 0.491 e. The number of hydrogen-bond donors (Lipinski definition) is 0. The van der Waals surface area contributed by atoms with Crippen LogP contribution >= 0.6 is 11.6 Å². The van der Waals surface area contributed by atoms with Gasteiger partial charge in [0.05, 0.1) is 18.0 Å². The van der Waals surface area contributed by atoms with Gasteiger partial charge in [-0.2, -0.15) is 0 Å². The molecule has 2 aromatic rings. The molecule has 25 heavy (non-hydrogen) atoms. The number of hydrogen-bond acceptors (Lipinski definition) is 4. The number of carbonyl (C=O) groups excluding carboxylic acids is 1. The molecule has 1 aliphatic heterocycles. The molecule has 134 valence electrons. The second-order valence-corrected chi connectivity index (χ2v) is 7.02. The van der Waals surface area contributed by atoms with Crippen LogP contribution in [-0.2, 0) is 0 Å². The van der Waals surface area contributed by atoms with E-state index in [-0.39, 0.29) is 0 Å². The summed E-state index contributed by atoms with van der Waals surface area (Å²) >= 11 is 6.39. The molecule has 1 aromatic carbocycles. The summed E-state index contributed by atoms with van der Waals surface area (Å²) < 4.78 is 7.77. The molecule has 2 heterocycles. The van der Waals surface area contributed by atoms with Crippen LogP contribution in [0.5, 0.6) is 5.75 Å². The number of benzene rings is 1. The first-order valence-electron chi connectivity index (χ1n) is 8.76. The van der Waals surface area contributed by atoms with Gasteiger partial charge in [0.2, 0.25) is 0 Å². The van der Waals surface area contributed by atoms with E-state index in [1.54, 1.807) is 35.4 Å². The van der Waals surface area contributed by atoms with Crippen LogP contribution < -0.4 is 4.74 Å². The highest BCUT2D eigenvalue weighted by molar-refractivity contribution is 6.35. The lowest BCUT2D eigenvalue weighted by Gasteiger charge is -2.28. The van der Waals surface area contributed by atoms with Crippen molar-refractivity contribution >= 4 is 17.9 Å². The van der Waals surface area contributed by atoms with Gasteiger partial charge in [-0.15, -0.1) is 0 Å². The Morgan fingerprint density at radius 1 is 1.36 bits per heavy atom. The van der Waals surface area contributed by atoms with Gasteiger partial charge in [0.15, 0.2) is 6.29 Å². The number of likely N-dealkylation sites (tertiary alicyclic amines) is 1. The Balaban J connectivity index is 1.62. The third-order valence-corrected chi connectivity index (χ3v) is 5.25. The molecular weight excluding hydrogens is 338 g/mol. The number of halogens is 1. The highest BCUT2D eigenvalue weighted by atomic mass is 35.5. The van der Waals surface area contributed by atoms with Crippen molar-refractivity contribution in [2.45, 2.75) is 25.7 Å². The van der Waals surface area contributed by atoms with Crippen LogP contribution in [0, 0.1) is 5.92 Å². The van der Waals surface area contributed by atoms with Crippen molar-refractivity contribution in [1.82, 2.24) is 14.5 Å². The van der Waals surface area contributed by atoms with E-state index in [1.807, 2.05) is 0 Å². The monoisotopic (exact) mass is 361 g/mol. The first-order chi connectivity index (χ1) is 12.2. The van der Waals surface area contributed by atoms with Gasteiger partial charge < -0.3 is 14.2 Å². The lowest BCUT2D eigenvalue weighted by Crippen LogP contribution is -2.30. The zero-order valence-corrected chi connectivity index (χ0v) is 15.3. The van der Waals surface area contributed by atoms with Crippen molar-refractivity contribution in [2.24, 2.45) is 5.92 Å². The maximum atomic E-state index is 11.2. The van der Waals surface area contributed by atoms with E-state index in [0.29, 0.717) is 28.6 Å². The van der Waals surface area contributed by atoms with Gasteiger partial charge in [-0.25, -0.2) is 4.98 Å². The zero-order valence-electron chi connectivity index (χ0n) is 14.5. The van der Waals surface area contributed by atoms with E-state index in [0.717, 1.165) is 18.6 Å². The molecule has 0 radical (unpaired) electrons. The molecule has 1 aromatic heterocycles. The molecule has 0 amide bonds. The first-order valence-corrected chi connectivity index (χ1v) is 9.14. The van der Waals surface area contributed by atoms with Crippen molar-refractivity contribution in [3.8, 4) is 11.4 Å². The van der Waals surface area contributed by atoms with E-state index in [1.165, 1.54) is 32.4 Å². The molecule has 0 saturated carbocycles. The molecule has 0 aliphatic carbocycles. The maximum Gasteiger partial charge on any atom is 0.151 e. The van der Waals surface area contributed by atoms with Crippen molar-refractivity contribution in [3.63, 3.8) is 0 Å². The predicted octanol–water partition coefficient (Wildman–Crippen LogP) is 3.84. The Hall–Kier alpha value is -1.85. The summed E-state index contributed by atoms with van der Waals surface area (Å²) in [5.74, 6) is 1.48. The van der Waals surface area contributed by atoms with Gasteiger partial charge >= 0.3 is 0 Å². The van der Waals surface area contributed by atoms with E-state index >= 15 is 0 Å². The molecule has 0 atom stereocenters. The number of aldehydes is 1. The van der Waals surface area contributed by atoms with E-state index in [4.69, 9.17) is 16.3 Å². The average Bonchev–Trinajstić information content (AvgIpc) is 3.14. The number of aromatic nitrogens is 2. The quantitative estimate of drug-likeness (QED) is 0.555. The molecule has 0 spiro atoms. The summed E-state index contributed by atoms with van der Waals surface area (Å²) in [4.78, 5) is 17.6. The SMILES string of the molecule is CN1CCC(CCCOc2ccc(C=O)c(Cl)c2-n2ccnc2)CC1. The second kappa shape index (κ2) is 8.50. The number of imidazole rings is 1. The van der Waals surface area contributed by atoms with Crippen LogP contribution in [0.1, 0.15) is 36.0 Å². The smallest absolute Gasteiger partial charge is 0.151 e. The zero-order chi connectivity index (χ0) is 17.6. The van der Waals surface area contributed by atoms with Gasteiger partial charge in [0.25, 0.3) is 0 Å².